The number of ether oxygens (including phenoxy) is 1. The summed E-state index contributed by atoms with van der Waals surface area (Å²) in [5.74, 6) is 0.0764. The predicted octanol–water partition coefficient (Wildman–Crippen LogP) is 4.09. The van der Waals surface area contributed by atoms with Crippen LogP contribution in [0.3, 0.4) is 0 Å². The molecule has 1 aromatic carbocycles. The Morgan fingerprint density at radius 2 is 1.96 bits per heavy atom. The number of Topliss-reactive ketones (excluding diaryl/α,β-unsaturated/α-hetero) is 1. The van der Waals surface area contributed by atoms with Crippen LogP contribution in [0.1, 0.15) is 36.7 Å². The summed E-state index contributed by atoms with van der Waals surface area (Å²) in [4.78, 5) is 28.2. The van der Waals surface area contributed by atoms with Gasteiger partial charge in [0, 0.05) is 23.2 Å². The number of anilines is 2. The Kier molecular flexibility index (Phi) is 5.64. The number of carbonyl (C=O) groups excluding carboxylic acids is 2. The molecule has 0 aliphatic carbocycles. The van der Waals surface area contributed by atoms with Crippen LogP contribution in [0.15, 0.2) is 36.4 Å². The molecule has 0 fully saturated rings. The molecule has 0 bridgehead atoms. The third-order valence-electron chi connectivity index (χ3n) is 3.16. The van der Waals surface area contributed by atoms with Gasteiger partial charge in [0.25, 0.3) is 0 Å². The number of nitrogens with zero attached hydrogens (tertiary/aromatic N) is 1. The van der Waals surface area contributed by atoms with Crippen molar-refractivity contribution in [2.45, 2.75) is 32.8 Å². The van der Waals surface area contributed by atoms with Crippen LogP contribution in [0.2, 0.25) is 5.15 Å². The molecule has 0 aliphatic rings. The second-order valence-electron chi connectivity index (χ2n) is 6.49. The molecule has 3 N–H and O–H groups in total. The average molecular weight is 362 g/mol. The smallest absolute Gasteiger partial charge is 0.412 e. The molecule has 1 heterocycles. The SMILES string of the molecule is CC(C)(C)OC(=O)Nc1cccc(C(=O)Cc2ccc(Cl)nc2N)c1. The maximum absolute atomic E-state index is 12.5. The molecule has 1 amide bonds. The molecule has 7 heteroatoms. The Balaban J connectivity index is 2.09. The Labute approximate surface area is 151 Å². The summed E-state index contributed by atoms with van der Waals surface area (Å²) < 4.78 is 5.19. The summed E-state index contributed by atoms with van der Waals surface area (Å²) in [5.41, 5.74) is 6.70. The number of nitrogen functional groups attached to an aromatic ring is 1. The standard InChI is InChI=1S/C18H20ClN3O3/c1-18(2,3)25-17(24)21-13-6-4-5-11(9-13)14(23)10-12-7-8-15(19)22-16(12)20/h4-9H,10H2,1-3H3,(H2,20,22)(H,21,24). The van der Waals surface area contributed by atoms with E-state index in [9.17, 15) is 9.59 Å². The summed E-state index contributed by atoms with van der Waals surface area (Å²) in [6.45, 7) is 5.32. The van der Waals surface area contributed by atoms with Gasteiger partial charge in [0.2, 0.25) is 0 Å². The number of nitrogens with two attached hydrogens (primary N) is 1. The zero-order valence-corrected chi connectivity index (χ0v) is 15.1. The van der Waals surface area contributed by atoms with Crippen molar-refractivity contribution in [3.05, 3.63) is 52.7 Å². The number of ketones is 1. The number of halogens is 1. The zero-order chi connectivity index (χ0) is 18.6. The summed E-state index contributed by atoms with van der Waals surface area (Å²) in [6, 6.07) is 9.88. The van der Waals surface area contributed by atoms with Crippen LogP contribution < -0.4 is 11.1 Å². The third-order valence-corrected chi connectivity index (χ3v) is 3.37. The van der Waals surface area contributed by atoms with Crippen molar-refractivity contribution >= 4 is 35.0 Å². The predicted molar refractivity (Wildman–Crippen MR) is 98.0 cm³/mol. The first kappa shape index (κ1) is 18.7. The van der Waals surface area contributed by atoms with E-state index < -0.39 is 11.7 Å². The van der Waals surface area contributed by atoms with Gasteiger partial charge in [-0.15, -0.1) is 0 Å². The Morgan fingerprint density at radius 1 is 1.24 bits per heavy atom. The first-order chi connectivity index (χ1) is 11.6. The molecular weight excluding hydrogens is 342 g/mol. The lowest BCUT2D eigenvalue weighted by Gasteiger charge is -2.19. The van der Waals surface area contributed by atoms with Gasteiger partial charge in [0.05, 0.1) is 0 Å². The number of carbonyl (C=O) groups is 2. The van der Waals surface area contributed by atoms with Crippen LogP contribution in [0.5, 0.6) is 0 Å². The topological polar surface area (TPSA) is 94.3 Å². The highest BCUT2D eigenvalue weighted by Gasteiger charge is 2.17. The molecule has 0 unspecified atom stereocenters. The minimum Gasteiger partial charge on any atom is -0.444 e. The van der Waals surface area contributed by atoms with Crippen molar-refractivity contribution in [3.63, 3.8) is 0 Å². The van der Waals surface area contributed by atoms with E-state index in [1.54, 1.807) is 57.2 Å². The quantitative estimate of drug-likeness (QED) is 0.631. The lowest BCUT2D eigenvalue weighted by atomic mass is 10.0. The van der Waals surface area contributed by atoms with Gasteiger partial charge in [-0.05, 0) is 39.0 Å². The van der Waals surface area contributed by atoms with Crippen molar-refractivity contribution in [3.8, 4) is 0 Å². The fraction of sp³-hybridized carbons (Fsp3) is 0.278. The molecule has 25 heavy (non-hydrogen) atoms. The van der Waals surface area contributed by atoms with Crippen LogP contribution >= 0.6 is 11.6 Å². The monoisotopic (exact) mass is 361 g/mol. The number of hydrogen-bond acceptors (Lipinski definition) is 5. The van der Waals surface area contributed by atoms with Crippen LogP contribution in [0, 0.1) is 0 Å². The minimum absolute atomic E-state index is 0.0892. The van der Waals surface area contributed by atoms with E-state index in [-0.39, 0.29) is 23.2 Å². The van der Waals surface area contributed by atoms with Gasteiger partial charge in [-0.1, -0.05) is 29.8 Å². The maximum atomic E-state index is 12.5. The number of rotatable bonds is 4. The van der Waals surface area contributed by atoms with E-state index in [4.69, 9.17) is 22.1 Å². The second-order valence-corrected chi connectivity index (χ2v) is 6.87. The van der Waals surface area contributed by atoms with Gasteiger partial charge < -0.3 is 10.5 Å². The van der Waals surface area contributed by atoms with Crippen molar-refractivity contribution in [2.24, 2.45) is 0 Å². The first-order valence-electron chi connectivity index (χ1n) is 7.68. The van der Waals surface area contributed by atoms with E-state index in [2.05, 4.69) is 10.3 Å². The zero-order valence-electron chi connectivity index (χ0n) is 14.3. The Bertz CT molecular complexity index is 800. The lowest BCUT2D eigenvalue weighted by molar-refractivity contribution is 0.0635. The molecule has 2 aromatic rings. The first-order valence-corrected chi connectivity index (χ1v) is 8.06. The normalized spacial score (nSPS) is 11.0. The number of aromatic nitrogens is 1. The van der Waals surface area contributed by atoms with Gasteiger partial charge in [-0.2, -0.15) is 0 Å². The highest BCUT2D eigenvalue weighted by Crippen LogP contribution is 2.18. The molecule has 0 aliphatic heterocycles. The molecule has 0 atom stereocenters. The number of amides is 1. The fourth-order valence-electron chi connectivity index (χ4n) is 2.10. The van der Waals surface area contributed by atoms with E-state index in [1.807, 2.05) is 0 Å². The van der Waals surface area contributed by atoms with Crippen molar-refractivity contribution in [1.82, 2.24) is 4.98 Å². The van der Waals surface area contributed by atoms with Crippen LogP contribution in [0.25, 0.3) is 0 Å². The number of benzene rings is 1. The molecule has 2 rings (SSSR count). The van der Waals surface area contributed by atoms with Crippen molar-refractivity contribution in [1.29, 1.82) is 0 Å². The van der Waals surface area contributed by atoms with Crippen LogP contribution in [-0.2, 0) is 11.2 Å². The number of nitrogens with one attached hydrogen (secondary N) is 1. The summed E-state index contributed by atoms with van der Waals surface area (Å²) in [7, 11) is 0. The molecule has 0 saturated carbocycles. The fourth-order valence-corrected chi connectivity index (χ4v) is 2.25. The highest BCUT2D eigenvalue weighted by atomic mass is 35.5. The summed E-state index contributed by atoms with van der Waals surface area (Å²) >= 11 is 5.76. The Hall–Kier alpha value is -2.60. The van der Waals surface area contributed by atoms with E-state index in [0.29, 0.717) is 16.8 Å². The van der Waals surface area contributed by atoms with Gasteiger partial charge >= 0.3 is 6.09 Å². The van der Waals surface area contributed by atoms with E-state index in [1.165, 1.54) is 0 Å². The van der Waals surface area contributed by atoms with Gasteiger partial charge in [0.15, 0.2) is 5.78 Å². The maximum Gasteiger partial charge on any atom is 0.412 e. The van der Waals surface area contributed by atoms with Crippen LogP contribution in [-0.4, -0.2) is 22.5 Å². The Morgan fingerprint density at radius 3 is 2.60 bits per heavy atom. The molecule has 0 saturated heterocycles. The van der Waals surface area contributed by atoms with E-state index >= 15 is 0 Å². The second kappa shape index (κ2) is 7.53. The molecule has 1 aromatic heterocycles. The number of pyridine rings is 1. The summed E-state index contributed by atoms with van der Waals surface area (Å²) in [5, 5.41) is 2.88. The highest BCUT2D eigenvalue weighted by molar-refractivity contribution is 6.29. The van der Waals surface area contributed by atoms with Gasteiger partial charge in [-0.3, -0.25) is 10.1 Å². The minimum atomic E-state index is -0.601. The lowest BCUT2D eigenvalue weighted by Crippen LogP contribution is -2.27. The van der Waals surface area contributed by atoms with Gasteiger partial charge in [-0.25, -0.2) is 9.78 Å². The van der Waals surface area contributed by atoms with Crippen molar-refractivity contribution < 1.29 is 14.3 Å². The van der Waals surface area contributed by atoms with E-state index in [0.717, 1.165) is 0 Å². The molecule has 0 radical (unpaired) electrons. The summed E-state index contributed by atoms with van der Waals surface area (Å²) in [6.07, 6.45) is -0.491. The molecule has 132 valence electrons. The molecule has 6 nitrogen and oxygen atoms in total. The van der Waals surface area contributed by atoms with Crippen molar-refractivity contribution in [2.75, 3.05) is 11.1 Å². The third kappa shape index (κ3) is 5.76. The van der Waals surface area contributed by atoms with Crippen LogP contribution in [0.4, 0.5) is 16.3 Å². The average Bonchev–Trinajstić information content (AvgIpc) is 2.48. The largest absolute Gasteiger partial charge is 0.444 e. The van der Waals surface area contributed by atoms with Gasteiger partial charge in [0.1, 0.15) is 16.6 Å². The number of hydrogen-bond donors (Lipinski definition) is 2. The molecular formula is C18H20ClN3O3. The molecule has 0 spiro atoms.